The van der Waals surface area contributed by atoms with E-state index in [0.717, 1.165) is 9.87 Å². The molecule has 142 valence electrons. The van der Waals surface area contributed by atoms with Crippen LogP contribution in [0.5, 0.6) is 5.75 Å². The Morgan fingerprint density at radius 2 is 1.57 bits per heavy atom. The van der Waals surface area contributed by atoms with Crippen LogP contribution >= 0.6 is 0 Å². The minimum absolute atomic E-state index is 0.193. The fraction of sp³-hybridized carbons (Fsp3) is 0.0952. The van der Waals surface area contributed by atoms with Gasteiger partial charge in [0.1, 0.15) is 12.3 Å². The van der Waals surface area contributed by atoms with Crippen LogP contribution in [-0.4, -0.2) is 28.0 Å². The summed E-state index contributed by atoms with van der Waals surface area (Å²) in [6.45, 7) is -0.342. The number of nitrogens with one attached hydrogen (secondary N) is 1. The average molecular weight is 394 g/mol. The van der Waals surface area contributed by atoms with E-state index in [4.69, 9.17) is 4.74 Å². The molecule has 0 spiro atoms. The van der Waals surface area contributed by atoms with Gasteiger partial charge in [0.2, 0.25) is 5.91 Å². The minimum atomic E-state index is -3.86. The van der Waals surface area contributed by atoms with E-state index in [1.165, 1.54) is 7.11 Å². The molecule has 0 saturated heterocycles. The second-order valence-electron chi connectivity index (χ2n) is 6.27. The zero-order valence-electron chi connectivity index (χ0n) is 15.1. The lowest BCUT2D eigenvalue weighted by atomic mass is 10.0. The number of hydrogen-bond donors (Lipinski definition) is 1. The predicted octanol–water partition coefficient (Wildman–Crippen LogP) is 3.51. The first-order valence-electron chi connectivity index (χ1n) is 8.66. The number of anilines is 2. The number of methoxy groups -OCH3 is 1. The Morgan fingerprint density at radius 3 is 2.36 bits per heavy atom. The summed E-state index contributed by atoms with van der Waals surface area (Å²) in [4.78, 5) is 12.9. The van der Waals surface area contributed by atoms with E-state index in [0.29, 0.717) is 22.7 Å². The summed E-state index contributed by atoms with van der Waals surface area (Å²) >= 11 is 0. The molecule has 4 rings (SSSR count). The summed E-state index contributed by atoms with van der Waals surface area (Å²) in [6, 6.07) is 21.0. The number of rotatable bonds is 4. The maximum atomic E-state index is 13.2. The fourth-order valence-electron chi connectivity index (χ4n) is 3.32. The molecule has 0 radical (unpaired) electrons. The monoisotopic (exact) mass is 394 g/mol. The molecule has 0 bridgehead atoms. The van der Waals surface area contributed by atoms with Crippen LogP contribution in [0, 0.1) is 0 Å². The number of para-hydroxylation sites is 3. The quantitative estimate of drug-likeness (QED) is 0.735. The van der Waals surface area contributed by atoms with E-state index >= 15 is 0 Å². The Hall–Kier alpha value is -3.32. The average Bonchev–Trinajstić information content (AvgIpc) is 2.72. The highest BCUT2D eigenvalue weighted by molar-refractivity contribution is 7.93. The third-order valence-corrected chi connectivity index (χ3v) is 6.40. The van der Waals surface area contributed by atoms with Crippen molar-refractivity contribution in [3.8, 4) is 16.9 Å². The normalized spacial score (nSPS) is 14.0. The van der Waals surface area contributed by atoms with E-state index in [1.54, 1.807) is 60.7 Å². The standard InChI is InChI=1S/C21H18N2O4S/c1-27-19-12-6-4-10-17(19)22-21(24)14-23-18-11-5-2-8-15(18)16-9-3-7-13-20(16)28(23,25)26/h2-13H,14H2,1H3,(H,22,24). The molecule has 1 amide bonds. The van der Waals surface area contributed by atoms with Crippen LogP contribution in [-0.2, 0) is 14.8 Å². The lowest BCUT2D eigenvalue weighted by Gasteiger charge is -2.31. The van der Waals surface area contributed by atoms with Crippen molar-refractivity contribution in [3.63, 3.8) is 0 Å². The van der Waals surface area contributed by atoms with Crippen molar-refractivity contribution in [2.24, 2.45) is 0 Å². The molecular formula is C21H18N2O4S. The molecule has 6 nitrogen and oxygen atoms in total. The van der Waals surface area contributed by atoms with E-state index in [2.05, 4.69) is 5.32 Å². The highest BCUT2D eigenvalue weighted by atomic mass is 32.2. The molecule has 0 atom stereocenters. The SMILES string of the molecule is COc1ccccc1NC(=O)CN1c2ccccc2-c2ccccc2S1(=O)=O. The molecule has 0 fully saturated rings. The molecule has 0 unspecified atom stereocenters. The highest BCUT2D eigenvalue weighted by Crippen LogP contribution is 2.42. The van der Waals surface area contributed by atoms with Gasteiger partial charge in [-0.25, -0.2) is 8.42 Å². The zero-order chi connectivity index (χ0) is 19.7. The topological polar surface area (TPSA) is 75.7 Å². The van der Waals surface area contributed by atoms with E-state index in [-0.39, 0.29) is 11.4 Å². The van der Waals surface area contributed by atoms with Gasteiger partial charge in [0.15, 0.2) is 0 Å². The lowest BCUT2D eigenvalue weighted by molar-refractivity contribution is -0.114. The van der Waals surface area contributed by atoms with Crippen LogP contribution in [0.3, 0.4) is 0 Å². The molecule has 7 heteroatoms. The van der Waals surface area contributed by atoms with Gasteiger partial charge in [-0.05, 0) is 24.3 Å². The summed E-state index contributed by atoms with van der Waals surface area (Å²) in [6.07, 6.45) is 0. The van der Waals surface area contributed by atoms with E-state index in [1.807, 2.05) is 12.1 Å². The molecule has 3 aromatic rings. The Labute approximate surface area is 163 Å². The smallest absolute Gasteiger partial charge is 0.265 e. The van der Waals surface area contributed by atoms with Gasteiger partial charge in [0, 0.05) is 11.1 Å². The molecule has 1 heterocycles. The number of ether oxygens (including phenoxy) is 1. The van der Waals surface area contributed by atoms with Crippen molar-refractivity contribution in [1.29, 1.82) is 0 Å². The second kappa shape index (κ2) is 7.01. The molecule has 1 aliphatic rings. The van der Waals surface area contributed by atoms with Gasteiger partial charge >= 0.3 is 0 Å². The summed E-state index contributed by atoms with van der Waals surface area (Å²) in [5.74, 6) is 0.0466. The number of amides is 1. The Morgan fingerprint density at radius 1 is 0.929 bits per heavy atom. The van der Waals surface area contributed by atoms with Gasteiger partial charge in [-0.1, -0.05) is 48.5 Å². The van der Waals surface area contributed by atoms with E-state index < -0.39 is 15.9 Å². The van der Waals surface area contributed by atoms with Gasteiger partial charge in [-0.15, -0.1) is 0 Å². The first-order valence-corrected chi connectivity index (χ1v) is 10.1. The fourth-order valence-corrected chi connectivity index (χ4v) is 4.97. The third-order valence-electron chi connectivity index (χ3n) is 4.59. The van der Waals surface area contributed by atoms with Gasteiger partial charge in [0.25, 0.3) is 10.0 Å². The Kier molecular flexibility index (Phi) is 4.52. The van der Waals surface area contributed by atoms with Crippen LogP contribution in [0.1, 0.15) is 0 Å². The van der Waals surface area contributed by atoms with Crippen molar-refractivity contribution in [2.45, 2.75) is 4.90 Å². The summed E-state index contributed by atoms with van der Waals surface area (Å²) < 4.78 is 32.8. The number of benzene rings is 3. The van der Waals surface area contributed by atoms with Crippen molar-refractivity contribution in [1.82, 2.24) is 0 Å². The van der Waals surface area contributed by atoms with Crippen LogP contribution < -0.4 is 14.4 Å². The first kappa shape index (κ1) is 18.1. The van der Waals surface area contributed by atoms with Gasteiger partial charge in [-0.2, -0.15) is 0 Å². The Balaban J connectivity index is 1.71. The third kappa shape index (κ3) is 2.99. The van der Waals surface area contributed by atoms with Crippen molar-refractivity contribution < 1.29 is 17.9 Å². The first-order chi connectivity index (χ1) is 13.5. The number of nitrogens with zero attached hydrogens (tertiary/aromatic N) is 1. The van der Waals surface area contributed by atoms with Crippen LogP contribution in [0.4, 0.5) is 11.4 Å². The molecule has 3 aromatic carbocycles. The molecule has 28 heavy (non-hydrogen) atoms. The molecule has 0 aliphatic carbocycles. The van der Waals surface area contributed by atoms with Crippen molar-refractivity contribution in [3.05, 3.63) is 72.8 Å². The second-order valence-corrected chi connectivity index (χ2v) is 8.10. The maximum Gasteiger partial charge on any atom is 0.265 e. The minimum Gasteiger partial charge on any atom is -0.495 e. The molecule has 1 aliphatic heterocycles. The van der Waals surface area contributed by atoms with E-state index in [9.17, 15) is 13.2 Å². The van der Waals surface area contributed by atoms with Crippen molar-refractivity contribution in [2.75, 3.05) is 23.3 Å². The van der Waals surface area contributed by atoms with Gasteiger partial charge in [-0.3, -0.25) is 9.10 Å². The largest absolute Gasteiger partial charge is 0.495 e. The van der Waals surface area contributed by atoms with Gasteiger partial charge < -0.3 is 10.1 Å². The summed E-state index contributed by atoms with van der Waals surface area (Å²) in [5, 5.41) is 2.73. The maximum absolute atomic E-state index is 13.2. The molecule has 0 aromatic heterocycles. The van der Waals surface area contributed by atoms with Crippen LogP contribution in [0.25, 0.3) is 11.1 Å². The molecular weight excluding hydrogens is 376 g/mol. The number of carbonyl (C=O) groups is 1. The number of fused-ring (bicyclic) bond motifs is 3. The highest BCUT2D eigenvalue weighted by Gasteiger charge is 2.35. The van der Waals surface area contributed by atoms with Crippen LogP contribution in [0.2, 0.25) is 0 Å². The van der Waals surface area contributed by atoms with Gasteiger partial charge in [0.05, 0.1) is 23.4 Å². The van der Waals surface area contributed by atoms with Crippen LogP contribution in [0.15, 0.2) is 77.7 Å². The lowest BCUT2D eigenvalue weighted by Crippen LogP contribution is -2.40. The predicted molar refractivity (Wildman–Crippen MR) is 108 cm³/mol. The zero-order valence-corrected chi connectivity index (χ0v) is 15.9. The number of sulfonamides is 1. The molecule has 1 N–H and O–H groups in total. The number of hydrogen-bond acceptors (Lipinski definition) is 4. The Bertz CT molecular complexity index is 1160. The summed E-state index contributed by atoms with van der Waals surface area (Å²) in [7, 11) is -2.35. The van der Waals surface area contributed by atoms with Crippen molar-refractivity contribution >= 4 is 27.3 Å². The summed E-state index contributed by atoms with van der Waals surface area (Å²) in [5.41, 5.74) is 2.38. The molecule has 0 saturated carbocycles. The number of carbonyl (C=O) groups excluding carboxylic acids is 1.